The molecule has 0 aliphatic carbocycles. The predicted octanol–water partition coefficient (Wildman–Crippen LogP) is 2.00. The van der Waals surface area contributed by atoms with Gasteiger partial charge in [0.05, 0.1) is 19.7 Å². The van der Waals surface area contributed by atoms with Crippen molar-refractivity contribution in [2.24, 2.45) is 10.9 Å². The van der Waals surface area contributed by atoms with E-state index >= 15 is 0 Å². The number of amidine groups is 1. The number of benzene rings is 1. The molecule has 3 heterocycles. The topological polar surface area (TPSA) is 53.9 Å². The molecule has 23 heavy (non-hydrogen) atoms. The summed E-state index contributed by atoms with van der Waals surface area (Å²) in [5, 5.41) is 6.24. The molecule has 0 bridgehead atoms. The molecule has 0 radical (unpaired) electrons. The molecule has 1 N–H and O–H groups in total. The summed E-state index contributed by atoms with van der Waals surface area (Å²) in [6.07, 6.45) is 1.50. The van der Waals surface area contributed by atoms with Crippen LogP contribution in [0.3, 0.4) is 0 Å². The Hall–Kier alpha value is -1.95. The van der Waals surface area contributed by atoms with Crippen LogP contribution in [0.1, 0.15) is 12.0 Å². The number of thioether (sulfide) groups is 1. The highest BCUT2D eigenvalue weighted by Crippen LogP contribution is 2.29. The fraction of sp³-hybridized carbons (Fsp3) is 0.412. The molecule has 3 aliphatic heterocycles. The highest BCUT2D eigenvalue weighted by Gasteiger charge is 2.28. The zero-order valence-corrected chi connectivity index (χ0v) is 13.6. The Morgan fingerprint density at radius 1 is 1.43 bits per heavy atom. The Kier molecular flexibility index (Phi) is 3.99. The third-order valence-corrected chi connectivity index (χ3v) is 5.38. The number of nitrogens with one attached hydrogen (secondary N) is 1. The van der Waals surface area contributed by atoms with E-state index < -0.39 is 0 Å². The van der Waals surface area contributed by atoms with Crippen LogP contribution in [0, 0.1) is 5.92 Å². The number of fused-ring (bicyclic) bond motifs is 2. The molecule has 0 saturated heterocycles. The normalized spacial score (nSPS) is 22.4. The molecule has 0 spiro atoms. The maximum absolute atomic E-state index is 12.6. The second-order valence-corrected chi connectivity index (χ2v) is 6.74. The van der Waals surface area contributed by atoms with E-state index in [1.54, 1.807) is 11.8 Å². The Morgan fingerprint density at radius 3 is 3.30 bits per heavy atom. The van der Waals surface area contributed by atoms with Gasteiger partial charge in [0.1, 0.15) is 5.75 Å². The number of hydrogen-bond donors (Lipinski definition) is 1. The molecule has 0 saturated carbocycles. The lowest BCUT2D eigenvalue weighted by atomic mass is 9.96. The van der Waals surface area contributed by atoms with Crippen molar-refractivity contribution in [3.63, 3.8) is 0 Å². The largest absolute Gasteiger partial charge is 0.493 e. The van der Waals surface area contributed by atoms with Crippen LogP contribution in [0.4, 0.5) is 0 Å². The summed E-state index contributed by atoms with van der Waals surface area (Å²) in [6, 6.07) is 7.99. The zero-order chi connectivity index (χ0) is 15.6. The number of para-hydroxylation sites is 1. The monoisotopic (exact) mass is 329 g/mol. The van der Waals surface area contributed by atoms with Gasteiger partial charge in [-0.25, -0.2) is 0 Å². The van der Waals surface area contributed by atoms with Crippen LogP contribution in [0.5, 0.6) is 5.75 Å². The molecule has 1 amide bonds. The first-order valence-electron chi connectivity index (χ1n) is 7.97. The van der Waals surface area contributed by atoms with Crippen LogP contribution in [-0.2, 0) is 11.2 Å². The van der Waals surface area contributed by atoms with Crippen LogP contribution in [-0.4, -0.2) is 42.2 Å². The maximum atomic E-state index is 12.6. The fourth-order valence-corrected chi connectivity index (χ4v) is 4.11. The van der Waals surface area contributed by atoms with E-state index in [2.05, 4.69) is 20.6 Å². The molecule has 0 fully saturated rings. The van der Waals surface area contributed by atoms with Crippen molar-refractivity contribution >= 4 is 22.8 Å². The van der Waals surface area contributed by atoms with Gasteiger partial charge in [0.2, 0.25) is 5.91 Å². The number of carbonyl (C=O) groups is 1. The van der Waals surface area contributed by atoms with Crippen LogP contribution in [0.25, 0.3) is 0 Å². The first-order valence-corrected chi connectivity index (χ1v) is 8.85. The Bertz CT molecular complexity index is 686. The van der Waals surface area contributed by atoms with Gasteiger partial charge in [-0.05, 0) is 24.5 Å². The second-order valence-electron chi connectivity index (χ2n) is 5.91. The number of nitrogens with zero attached hydrogens (tertiary/aromatic N) is 2. The van der Waals surface area contributed by atoms with Gasteiger partial charge in [-0.1, -0.05) is 30.0 Å². The van der Waals surface area contributed by atoms with Gasteiger partial charge in [-0.2, -0.15) is 0 Å². The molecular formula is C17H19N3O2S. The molecule has 3 aliphatic rings. The van der Waals surface area contributed by atoms with Crippen molar-refractivity contribution in [2.75, 3.05) is 26.2 Å². The van der Waals surface area contributed by atoms with E-state index in [4.69, 9.17) is 4.74 Å². The van der Waals surface area contributed by atoms with E-state index in [-0.39, 0.29) is 11.8 Å². The first kappa shape index (κ1) is 14.6. The standard InChI is InChI=1S/C17H19N3O2S/c21-16(19-10-14-11-23-17-18-6-7-20(14)17)13-5-8-22-15-4-2-1-3-12(15)9-13/h1-4,11,13H,5-10H2,(H,19,21)/t13-/m1/s1. The Morgan fingerprint density at radius 2 is 2.35 bits per heavy atom. The molecule has 120 valence electrons. The van der Waals surface area contributed by atoms with Gasteiger partial charge in [0, 0.05) is 23.6 Å². The molecule has 1 atom stereocenters. The molecule has 4 rings (SSSR count). The fourth-order valence-electron chi connectivity index (χ4n) is 3.15. The van der Waals surface area contributed by atoms with E-state index in [1.165, 1.54) is 0 Å². The molecule has 0 aromatic heterocycles. The summed E-state index contributed by atoms with van der Waals surface area (Å²) in [5.74, 6) is 0.997. The van der Waals surface area contributed by atoms with Crippen molar-refractivity contribution < 1.29 is 9.53 Å². The van der Waals surface area contributed by atoms with Gasteiger partial charge in [0.25, 0.3) is 0 Å². The highest BCUT2D eigenvalue weighted by atomic mass is 32.2. The molecular weight excluding hydrogens is 310 g/mol. The Labute approximate surface area is 139 Å². The van der Waals surface area contributed by atoms with Crippen molar-refractivity contribution in [1.29, 1.82) is 0 Å². The highest BCUT2D eigenvalue weighted by molar-refractivity contribution is 8.16. The predicted molar refractivity (Wildman–Crippen MR) is 91.4 cm³/mol. The van der Waals surface area contributed by atoms with Crippen molar-refractivity contribution in [1.82, 2.24) is 10.2 Å². The third-order valence-electron chi connectivity index (χ3n) is 4.43. The zero-order valence-electron chi connectivity index (χ0n) is 12.8. The van der Waals surface area contributed by atoms with Gasteiger partial charge in [0.15, 0.2) is 5.17 Å². The van der Waals surface area contributed by atoms with E-state index in [0.717, 1.165) is 48.1 Å². The summed E-state index contributed by atoms with van der Waals surface area (Å²) in [7, 11) is 0. The maximum Gasteiger partial charge on any atom is 0.223 e. The van der Waals surface area contributed by atoms with Crippen LogP contribution < -0.4 is 10.1 Å². The van der Waals surface area contributed by atoms with Crippen molar-refractivity contribution in [3.8, 4) is 5.75 Å². The van der Waals surface area contributed by atoms with E-state index in [9.17, 15) is 4.79 Å². The number of aliphatic imine (C=N–C) groups is 1. The summed E-state index contributed by atoms with van der Waals surface area (Å²) in [4.78, 5) is 19.2. The summed E-state index contributed by atoms with van der Waals surface area (Å²) >= 11 is 1.64. The van der Waals surface area contributed by atoms with Crippen LogP contribution in [0.2, 0.25) is 0 Å². The van der Waals surface area contributed by atoms with Crippen LogP contribution in [0.15, 0.2) is 40.4 Å². The van der Waals surface area contributed by atoms with Gasteiger partial charge < -0.3 is 15.0 Å². The summed E-state index contributed by atoms with van der Waals surface area (Å²) < 4.78 is 5.74. The first-order chi connectivity index (χ1) is 11.3. The molecule has 6 heteroatoms. The minimum Gasteiger partial charge on any atom is -0.493 e. The average molecular weight is 329 g/mol. The number of ether oxygens (including phenoxy) is 1. The number of carbonyl (C=O) groups excluding carboxylic acids is 1. The van der Waals surface area contributed by atoms with Gasteiger partial charge in [-0.15, -0.1) is 0 Å². The second kappa shape index (κ2) is 6.28. The number of rotatable bonds is 3. The number of amides is 1. The quantitative estimate of drug-likeness (QED) is 0.922. The molecule has 1 aromatic rings. The molecule has 1 aromatic carbocycles. The lowest BCUT2D eigenvalue weighted by molar-refractivity contribution is -0.125. The Balaban J connectivity index is 1.37. The van der Waals surface area contributed by atoms with Gasteiger partial charge >= 0.3 is 0 Å². The minimum absolute atomic E-state index is 0.0278. The lowest BCUT2D eigenvalue weighted by Gasteiger charge is -2.19. The van der Waals surface area contributed by atoms with Crippen molar-refractivity contribution in [3.05, 3.63) is 40.9 Å². The van der Waals surface area contributed by atoms with E-state index in [1.807, 2.05) is 24.3 Å². The number of hydrogen-bond acceptors (Lipinski definition) is 5. The van der Waals surface area contributed by atoms with E-state index in [0.29, 0.717) is 13.2 Å². The molecule has 5 nitrogen and oxygen atoms in total. The lowest BCUT2D eigenvalue weighted by Crippen LogP contribution is -2.36. The SMILES string of the molecule is O=C(NCC1=CSC2=NCCN12)[C@@H]1CCOc2ccccc2C1. The van der Waals surface area contributed by atoms with Crippen LogP contribution >= 0.6 is 11.8 Å². The average Bonchev–Trinajstić information content (AvgIpc) is 3.10. The molecule has 0 unspecified atom stereocenters. The third kappa shape index (κ3) is 2.95. The van der Waals surface area contributed by atoms with Crippen molar-refractivity contribution in [2.45, 2.75) is 12.8 Å². The smallest absolute Gasteiger partial charge is 0.223 e. The van der Waals surface area contributed by atoms with Gasteiger partial charge in [-0.3, -0.25) is 9.79 Å². The summed E-state index contributed by atoms with van der Waals surface area (Å²) in [5.41, 5.74) is 2.26. The minimum atomic E-state index is -0.0278. The summed E-state index contributed by atoms with van der Waals surface area (Å²) in [6.45, 7) is 2.94.